The number of amides is 1. The summed E-state index contributed by atoms with van der Waals surface area (Å²) in [6.45, 7) is 0. The molecule has 0 atom stereocenters. The zero-order valence-electron chi connectivity index (χ0n) is 11.5. The fraction of sp³-hybridized carbons (Fsp3) is 0. The van der Waals surface area contributed by atoms with E-state index >= 15 is 0 Å². The number of hydrogen-bond acceptors (Lipinski definition) is 5. The zero-order chi connectivity index (χ0) is 15.4. The minimum absolute atomic E-state index is 0.308. The molecule has 0 fully saturated rings. The van der Waals surface area contributed by atoms with Gasteiger partial charge in [0.05, 0.1) is 11.1 Å². The number of carbonyl (C=O) groups excluding carboxylic acids is 1. The number of carbonyl (C=O) groups is 1. The maximum absolute atomic E-state index is 11.4. The zero-order valence-corrected chi connectivity index (χ0v) is 12.3. The second kappa shape index (κ2) is 6.46. The lowest BCUT2D eigenvalue weighted by Gasteiger charge is -2.07. The third-order valence-electron chi connectivity index (χ3n) is 3.07. The lowest BCUT2D eigenvalue weighted by molar-refractivity contribution is 0.0706. The predicted molar refractivity (Wildman–Crippen MR) is 86.9 cm³/mol. The number of nitrogens with one attached hydrogen (secondary N) is 2. The molecule has 6 heteroatoms. The van der Waals surface area contributed by atoms with Crippen LogP contribution < -0.4 is 10.2 Å². The second-order valence-corrected chi connectivity index (χ2v) is 5.47. The first-order chi connectivity index (χ1) is 10.8. The molecule has 5 nitrogen and oxygen atoms in total. The number of rotatable bonds is 4. The van der Waals surface area contributed by atoms with E-state index in [0.717, 1.165) is 21.5 Å². The van der Waals surface area contributed by atoms with Crippen molar-refractivity contribution in [1.29, 1.82) is 0 Å². The summed E-state index contributed by atoms with van der Waals surface area (Å²) in [6, 6.07) is 17.4. The summed E-state index contributed by atoms with van der Waals surface area (Å²) in [5.41, 5.74) is 3.61. The number of hydrogen-bond donors (Lipinski definition) is 3. The molecule has 3 aromatic rings. The highest BCUT2D eigenvalue weighted by Crippen LogP contribution is 2.24. The van der Waals surface area contributed by atoms with Gasteiger partial charge >= 0.3 is 0 Å². The maximum atomic E-state index is 11.4. The Kier molecular flexibility index (Phi) is 4.22. The smallest absolute Gasteiger partial charge is 0.276 e. The van der Waals surface area contributed by atoms with E-state index in [-0.39, 0.29) is 0 Å². The molecule has 0 radical (unpaired) electrons. The van der Waals surface area contributed by atoms with Crippen molar-refractivity contribution >= 4 is 34.4 Å². The molecule has 0 bridgehead atoms. The van der Waals surface area contributed by atoms with Gasteiger partial charge in [0.25, 0.3) is 5.91 Å². The van der Waals surface area contributed by atoms with Gasteiger partial charge in [-0.05, 0) is 48.3 Å². The van der Waals surface area contributed by atoms with Crippen LogP contribution in [0.2, 0.25) is 0 Å². The van der Waals surface area contributed by atoms with Crippen LogP contribution >= 0.6 is 11.9 Å². The van der Waals surface area contributed by atoms with Crippen molar-refractivity contribution in [3.63, 3.8) is 0 Å². The monoisotopic (exact) mass is 311 g/mol. The molecule has 0 unspecified atom stereocenters. The van der Waals surface area contributed by atoms with Crippen LogP contribution in [0, 0.1) is 0 Å². The van der Waals surface area contributed by atoms with E-state index in [1.807, 2.05) is 48.5 Å². The van der Waals surface area contributed by atoms with Crippen LogP contribution in [-0.4, -0.2) is 16.1 Å². The maximum Gasteiger partial charge on any atom is 0.276 e. The van der Waals surface area contributed by atoms with Gasteiger partial charge in [0.1, 0.15) is 0 Å². The van der Waals surface area contributed by atoms with Crippen molar-refractivity contribution in [3.8, 4) is 0 Å². The van der Waals surface area contributed by atoms with Crippen molar-refractivity contribution in [3.05, 3.63) is 66.4 Å². The van der Waals surface area contributed by atoms with E-state index in [2.05, 4.69) is 9.71 Å². The predicted octanol–water partition coefficient (Wildman–Crippen LogP) is 3.47. The molecule has 1 heterocycles. The van der Waals surface area contributed by atoms with Gasteiger partial charge in [-0.2, -0.15) is 0 Å². The van der Waals surface area contributed by atoms with E-state index < -0.39 is 5.91 Å². The third-order valence-corrected chi connectivity index (χ3v) is 3.92. The van der Waals surface area contributed by atoms with E-state index in [4.69, 9.17) is 5.21 Å². The highest BCUT2D eigenvalue weighted by atomic mass is 32.2. The van der Waals surface area contributed by atoms with Gasteiger partial charge < -0.3 is 4.72 Å². The third kappa shape index (κ3) is 3.19. The topological polar surface area (TPSA) is 74.2 Å². The van der Waals surface area contributed by atoms with Gasteiger partial charge in [0.15, 0.2) is 0 Å². The Bertz CT molecular complexity index is 809. The van der Waals surface area contributed by atoms with Gasteiger partial charge in [-0.15, -0.1) is 0 Å². The standard InChI is InChI=1S/C16H13N3O2S/c20-16(18-21)12-8-11-9-13(6-7-15(11)17-10-12)19-22-14-4-2-1-3-5-14/h1-10,19,21H,(H,18,20). The van der Waals surface area contributed by atoms with Crippen LogP contribution in [-0.2, 0) is 0 Å². The summed E-state index contributed by atoms with van der Waals surface area (Å²) in [6.07, 6.45) is 1.43. The van der Waals surface area contributed by atoms with Crippen LogP contribution in [0.3, 0.4) is 0 Å². The fourth-order valence-electron chi connectivity index (χ4n) is 1.99. The Morgan fingerprint density at radius 1 is 1.09 bits per heavy atom. The normalized spacial score (nSPS) is 10.4. The molecule has 2 aromatic carbocycles. The molecule has 0 saturated carbocycles. The molecule has 1 aromatic heterocycles. The summed E-state index contributed by atoms with van der Waals surface area (Å²) in [4.78, 5) is 16.7. The molecule has 110 valence electrons. The molecule has 0 spiro atoms. The lowest BCUT2D eigenvalue weighted by Crippen LogP contribution is -2.18. The average molecular weight is 311 g/mol. The van der Waals surface area contributed by atoms with Gasteiger partial charge in [0.2, 0.25) is 0 Å². The number of fused-ring (bicyclic) bond motifs is 1. The molecule has 1 amide bonds. The SMILES string of the molecule is O=C(NO)c1cnc2ccc(NSc3ccccc3)cc2c1. The number of nitrogens with zero attached hydrogens (tertiary/aromatic N) is 1. The fourth-order valence-corrected chi connectivity index (χ4v) is 2.65. The molecule has 3 N–H and O–H groups in total. The minimum atomic E-state index is -0.577. The molecule has 0 aliphatic rings. The molecular weight excluding hydrogens is 298 g/mol. The van der Waals surface area contributed by atoms with Crippen molar-refractivity contribution in [2.75, 3.05) is 4.72 Å². The summed E-state index contributed by atoms with van der Waals surface area (Å²) >= 11 is 1.51. The van der Waals surface area contributed by atoms with Gasteiger partial charge in [-0.3, -0.25) is 15.0 Å². The van der Waals surface area contributed by atoms with Crippen molar-refractivity contribution in [1.82, 2.24) is 10.5 Å². The lowest BCUT2D eigenvalue weighted by atomic mass is 10.1. The van der Waals surface area contributed by atoms with Crippen LogP contribution in [0.1, 0.15) is 10.4 Å². The van der Waals surface area contributed by atoms with E-state index in [9.17, 15) is 4.79 Å². The summed E-state index contributed by atoms with van der Waals surface area (Å²) in [5.74, 6) is -0.577. The number of benzene rings is 2. The largest absolute Gasteiger partial charge is 0.326 e. The van der Waals surface area contributed by atoms with Crippen molar-refractivity contribution in [2.45, 2.75) is 4.90 Å². The van der Waals surface area contributed by atoms with Crippen LogP contribution in [0.15, 0.2) is 65.7 Å². The molecular formula is C16H13N3O2S. The molecule has 0 aliphatic carbocycles. The van der Waals surface area contributed by atoms with E-state index in [1.54, 1.807) is 11.5 Å². The molecule has 22 heavy (non-hydrogen) atoms. The van der Waals surface area contributed by atoms with Gasteiger partial charge in [-0.1, -0.05) is 18.2 Å². The van der Waals surface area contributed by atoms with Crippen LogP contribution in [0.25, 0.3) is 10.9 Å². The summed E-state index contributed by atoms with van der Waals surface area (Å²) in [5, 5.41) is 9.50. The summed E-state index contributed by atoms with van der Waals surface area (Å²) in [7, 11) is 0. The van der Waals surface area contributed by atoms with E-state index in [0.29, 0.717) is 5.56 Å². The first-order valence-electron chi connectivity index (χ1n) is 6.58. The van der Waals surface area contributed by atoms with Crippen LogP contribution in [0.4, 0.5) is 5.69 Å². The second-order valence-electron chi connectivity index (χ2n) is 4.59. The minimum Gasteiger partial charge on any atom is -0.326 e. The number of aromatic nitrogens is 1. The van der Waals surface area contributed by atoms with Gasteiger partial charge in [-0.25, -0.2) is 5.48 Å². The Hall–Kier alpha value is -2.57. The molecule has 0 aliphatic heterocycles. The summed E-state index contributed by atoms with van der Waals surface area (Å²) < 4.78 is 3.25. The van der Waals surface area contributed by atoms with Gasteiger partial charge in [0, 0.05) is 22.2 Å². The number of hydroxylamine groups is 1. The Labute approximate surface area is 131 Å². The molecule has 3 rings (SSSR count). The first-order valence-corrected chi connectivity index (χ1v) is 7.40. The number of anilines is 1. The quantitative estimate of drug-likeness (QED) is 0.391. The Morgan fingerprint density at radius 3 is 2.68 bits per heavy atom. The first kappa shape index (κ1) is 14.4. The van der Waals surface area contributed by atoms with E-state index in [1.165, 1.54) is 18.1 Å². The van der Waals surface area contributed by atoms with Crippen LogP contribution in [0.5, 0.6) is 0 Å². The Balaban J connectivity index is 1.83. The molecule has 0 saturated heterocycles. The van der Waals surface area contributed by atoms with Crippen molar-refractivity contribution in [2.24, 2.45) is 0 Å². The highest BCUT2D eigenvalue weighted by Gasteiger charge is 2.06. The average Bonchev–Trinajstić information content (AvgIpc) is 2.59. The van der Waals surface area contributed by atoms with Crippen molar-refractivity contribution < 1.29 is 10.0 Å². The highest BCUT2D eigenvalue weighted by molar-refractivity contribution is 8.00. The Morgan fingerprint density at radius 2 is 1.91 bits per heavy atom. The number of pyridine rings is 1.